The number of thioether (sulfide) groups is 1. The number of nitrogens with zero attached hydrogens (tertiary/aromatic N) is 2. The Morgan fingerprint density at radius 3 is 2.90 bits per heavy atom. The Morgan fingerprint density at radius 2 is 2.05 bits per heavy atom. The van der Waals surface area contributed by atoms with Crippen molar-refractivity contribution in [1.29, 1.82) is 0 Å². The zero-order valence-corrected chi connectivity index (χ0v) is 13.5. The molecule has 1 aliphatic carbocycles. The minimum Gasteiger partial charge on any atom is -0.383 e. The van der Waals surface area contributed by atoms with Gasteiger partial charge < -0.3 is 5.73 Å². The number of benzene rings is 1. The van der Waals surface area contributed by atoms with Gasteiger partial charge in [-0.15, -0.1) is 11.8 Å². The second-order valence-corrected chi connectivity index (χ2v) is 6.87. The number of aryl methyl sites for hydroxylation is 1. The number of fused-ring (bicyclic) bond motifs is 1. The van der Waals surface area contributed by atoms with Crippen LogP contribution in [0.4, 0.5) is 5.82 Å². The van der Waals surface area contributed by atoms with Gasteiger partial charge in [0.1, 0.15) is 11.6 Å². The molecule has 1 aliphatic rings. The van der Waals surface area contributed by atoms with Gasteiger partial charge in [0.05, 0.1) is 5.75 Å². The molecule has 1 heterocycles. The van der Waals surface area contributed by atoms with Crippen LogP contribution in [0.25, 0.3) is 0 Å². The SMILES string of the molecule is Nc1nc(CSc2cccc(Br)c2)nc2c1CCCC2. The van der Waals surface area contributed by atoms with E-state index in [-0.39, 0.29) is 0 Å². The standard InChI is InChI=1S/C15H16BrN3S/c16-10-4-3-5-11(8-10)20-9-14-18-13-7-2-1-6-12(13)15(17)19-14/h3-5,8H,1-2,6-7,9H2,(H2,17,18,19). The molecule has 2 N–H and O–H groups in total. The fraction of sp³-hybridized carbons (Fsp3) is 0.333. The van der Waals surface area contributed by atoms with Crippen molar-refractivity contribution in [3.05, 3.63) is 45.8 Å². The number of halogens is 1. The highest BCUT2D eigenvalue weighted by atomic mass is 79.9. The molecular weight excluding hydrogens is 334 g/mol. The van der Waals surface area contributed by atoms with Crippen LogP contribution in [0.15, 0.2) is 33.6 Å². The largest absolute Gasteiger partial charge is 0.383 e. The van der Waals surface area contributed by atoms with Crippen molar-refractivity contribution in [1.82, 2.24) is 9.97 Å². The molecule has 0 fully saturated rings. The summed E-state index contributed by atoms with van der Waals surface area (Å²) in [7, 11) is 0. The summed E-state index contributed by atoms with van der Waals surface area (Å²) in [4.78, 5) is 10.4. The van der Waals surface area contributed by atoms with Gasteiger partial charge in [0.2, 0.25) is 0 Å². The molecular formula is C15H16BrN3S. The summed E-state index contributed by atoms with van der Waals surface area (Å²) >= 11 is 5.22. The molecule has 3 rings (SSSR count). The monoisotopic (exact) mass is 349 g/mol. The molecule has 0 bridgehead atoms. The first-order valence-electron chi connectivity index (χ1n) is 6.75. The van der Waals surface area contributed by atoms with Crippen LogP contribution in [0.1, 0.15) is 29.9 Å². The molecule has 0 unspecified atom stereocenters. The highest BCUT2D eigenvalue weighted by Gasteiger charge is 2.16. The van der Waals surface area contributed by atoms with E-state index in [0.717, 1.165) is 34.6 Å². The first-order valence-corrected chi connectivity index (χ1v) is 8.53. The van der Waals surface area contributed by atoms with Crippen LogP contribution in [0.3, 0.4) is 0 Å². The number of hydrogen-bond acceptors (Lipinski definition) is 4. The lowest BCUT2D eigenvalue weighted by Crippen LogP contribution is -2.12. The van der Waals surface area contributed by atoms with Crippen molar-refractivity contribution in [2.45, 2.75) is 36.3 Å². The fourth-order valence-electron chi connectivity index (χ4n) is 2.45. The second kappa shape index (κ2) is 6.14. The Kier molecular flexibility index (Phi) is 4.27. The smallest absolute Gasteiger partial charge is 0.141 e. The van der Waals surface area contributed by atoms with E-state index in [2.05, 4.69) is 38.0 Å². The number of anilines is 1. The lowest BCUT2D eigenvalue weighted by Gasteiger charge is -2.17. The van der Waals surface area contributed by atoms with Crippen LogP contribution >= 0.6 is 27.7 Å². The fourth-order valence-corrected chi connectivity index (χ4v) is 3.81. The van der Waals surface area contributed by atoms with Crippen molar-refractivity contribution in [2.75, 3.05) is 5.73 Å². The van der Waals surface area contributed by atoms with Crippen molar-refractivity contribution in [3.63, 3.8) is 0 Å². The number of nitrogens with two attached hydrogens (primary N) is 1. The predicted molar refractivity (Wildman–Crippen MR) is 86.8 cm³/mol. The molecule has 5 heteroatoms. The van der Waals surface area contributed by atoms with Gasteiger partial charge in [-0.2, -0.15) is 0 Å². The Labute approximate surface area is 131 Å². The van der Waals surface area contributed by atoms with Crippen LogP contribution in [-0.4, -0.2) is 9.97 Å². The van der Waals surface area contributed by atoms with E-state index in [1.807, 2.05) is 12.1 Å². The van der Waals surface area contributed by atoms with Crippen LogP contribution < -0.4 is 5.73 Å². The second-order valence-electron chi connectivity index (χ2n) is 4.90. The molecule has 20 heavy (non-hydrogen) atoms. The summed E-state index contributed by atoms with van der Waals surface area (Å²) < 4.78 is 1.09. The Morgan fingerprint density at radius 1 is 1.20 bits per heavy atom. The molecule has 0 saturated carbocycles. The Hall–Kier alpha value is -1.07. The zero-order valence-electron chi connectivity index (χ0n) is 11.1. The van der Waals surface area contributed by atoms with E-state index in [4.69, 9.17) is 5.73 Å². The minimum atomic E-state index is 0.680. The van der Waals surface area contributed by atoms with E-state index >= 15 is 0 Å². The molecule has 1 aromatic heterocycles. The number of hydrogen-bond donors (Lipinski definition) is 1. The van der Waals surface area contributed by atoms with E-state index in [1.54, 1.807) is 11.8 Å². The Bertz CT molecular complexity index is 631. The van der Waals surface area contributed by atoms with Gasteiger partial charge in [-0.1, -0.05) is 22.0 Å². The summed E-state index contributed by atoms with van der Waals surface area (Å²) in [6.07, 6.45) is 4.48. The van der Waals surface area contributed by atoms with E-state index in [1.165, 1.54) is 23.3 Å². The maximum absolute atomic E-state index is 6.07. The zero-order chi connectivity index (χ0) is 13.9. The highest BCUT2D eigenvalue weighted by Crippen LogP contribution is 2.27. The summed E-state index contributed by atoms with van der Waals surface area (Å²) in [5, 5.41) is 0. The van der Waals surface area contributed by atoms with E-state index in [9.17, 15) is 0 Å². The molecule has 0 radical (unpaired) electrons. The predicted octanol–water partition coefficient (Wildman–Crippen LogP) is 3.99. The summed E-state index contributed by atoms with van der Waals surface area (Å²) in [5.74, 6) is 2.28. The lowest BCUT2D eigenvalue weighted by atomic mass is 9.96. The molecule has 0 spiro atoms. The lowest BCUT2D eigenvalue weighted by molar-refractivity contribution is 0.660. The third-order valence-corrected chi connectivity index (χ3v) is 4.91. The highest BCUT2D eigenvalue weighted by molar-refractivity contribution is 9.10. The normalized spacial score (nSPS) is 14.1. The van der Waals surface area contributed by atoms with Crippen molar-refractivity contribution >= 4 is 33.5 Å². The number of nitrogen functional groups attached to an aromatic ring is 1. The van der Waals surface area contributed by atoms with Gasteiger partial charge in [-0.05, 0) is 43.9 Å². The maximum atomic E-state index is 6.07. The average Bonchev–Trinajstić information content (AvgIpc) is 2.45. The molecule has 0 saturated heterocycles. The molecule has 0 amide bonds. The van der Waals surface area contributed by atoms with Crippen LogP contribution in [0.5, 0.6) is 0 Å². The van der Waals surface area contributed by atoms with Crippen molar-refractivity contribution < 1.29 is 0 Å². The Balaban J connectivity index is 1.76. The van der Waals surface area contributed by atoms with E-state index in [0.29, 0.717) is 5.82 Å². The first kappa shape index (κ1) is 13.9. The van der Waals surface area contributed by atoms with Gasteiger partial charge in [-0.25, -0.2) is 9.97 Å². The third-order valence-electron chi connectivity index (χ3n) is 3.43. The topological polar surface area (TPSA) is 51.8 Å². The first-order chi connectivity index (χ1) is 9.72. The average molecular weight is 350 g/mol. The quantitative estimate of drug-likeness (QED) is 0.851. The van der Waals surface area contributed by atoms with Gasteiger partial charge in [0.15, 0.2) is 0 Å². The molecule has 1 aromatic carbocycles. The molecule has 0 atom stereocenters. The molecule has 2 aromatic rings. The minimum absolute atomic E-state index is 0.680. The summed E-state index contributed by atoms with van der Waals surface area (Å²) in [6, 6.07) is 8.26. The molecule has 104 valence electrons. The van der Waals surface area contributed by atoms with Gasteiger partial charge in [-0.3, -0.25) is 0 Å². The maximum Gasteiger partial charge on any atom is 0.141 e. The van der Waals surface area contributed by atoms with Crippen molar-refractivity contribution in [2.24, 2.45) is 0 Å². The van der Waals surface area contributed by atoms with Gasteiger partial charge in [0.25, 0.3) is 0 Å². The van der Waals surface area contributed by atoms with Gasteiger partial charge >= 0.3 is 0 Å². The molecule has 3 nitrogen and oxygen atoms in total. The summed E-state index contributed by atoms with van der Waals surface area (Å²) in [6.45, 7) is 0. The van der Waals surface area contributed by atoms with Crippen molar-refractivity contribution in [3.8, 4) is 0 Å². The van der Waals surface area contributed by atoms with Crippen LogP contribution in [-0.2, 0) is 18.6 Å². The van der Waals surface area contributed by atoms with E-state index < -0.39 is 0 Å². The number of rotatable bonds is 3. The van der Waals surface area contributed by atoms with Crippen LogP contribution in [0, 0.1) is 0 Å². The van der Waals surface area contributed by atoms with Gasteiger partial charge in [0, 0.05) is 20.6 Å². The number of aromatic nitrogens is 2. The molecule has 0 aliphatic heterocycles. The summed E-state index contributed by atoms with van der Waals surface area (Å²) in [5.41, 5.74) is 8.40. The van der Waals surface area contributed by atoms with Crippen LogP contribution in [0.2, 0.25) is 0 Å². The third kappa shape index (κ3) is 3.15.